The Balaban J connectivity index is 2.59. The second kappa shape index (κ2) is 8.24. The normalized spacial score (nSPS) is 12.2. The number of hydrogen-bond donors (Lipinski definition) is 2. The van der Waals surface area contributed by atoms with Crippen molar-refractivity contribution in [1.82, 2.24) is 0 Å². The predicted octanol–water partition coefficient (Wildman–Crippen LogP) is 1.82. The molecule has 0 radical (unpaired) electrons. The number of benzene rings is 1. The van der Waals surface area contributed by atoms with E-state index in [1.807, 2.05) is 18.2 Å². The van der Waals surface area contributed by atoms with Crippen molar-refractivity contribution < 1.29 is 14.6 Å². The van der Waals surface area contributed by atoms with Gasteiger partial charge in [0, 0.05) is 18.4 Å². The summed E-state index contributed by atoms with van der Waals surface area (Å²) in [6.45, 7) is 0.235. The van der Waals surface area contributed by atoms with E-state index < -0.39 is 0 Å². The lowest BCUT2D eigenvalue weighted by Crippen LogP contribution is -2.13. The first-order chi connectivity index (χ1) is 8.72. The van der Waals surface area contributed by atoms with Crippen LogP contribution in [0.25, 0.3) is 0 Å². The molecule has 1 aromatic rings. The van der Waals surface area contributed by atoms with Crippen LogP contribution in [0.3, 0.4) is 0 Å². The molecular weight excluding hydrogens is 250 g/mol. The Labute approximate surface area is 112 Å². The van der Waals surface area contributed by atoms with E-state index in [1.165, 1.54) is 0 Å². The molecule has 3 N–H and O–H groups in total. The first kappa shape index (κ1) is 15.1. The number of ether oxygens (including phenoxy) is 2. The highest BCUT2D eigenvalue weighted by Gasteiger charge is 2.10. The van der Waals surface area contributed by atoms with Crippen LogP contribution < -0.4 is 15.2 Å². The maximum Gasteiger partial charge on any atom is 0.161 e. The lowest BCUT2D eigenvalue weighted by molar-refractivity contribution is 0.296. The first-order valence-electron chi connectivity index (χ1n) is 5.89. The molecule has 0 amide bonds. The van der Waals surface area contributed by atoms with E-state index in [-0.39, 0.29) is 12.6 Å². The fraction of sp³-hybridized carbons (Fsp3) is 0.538. The van der Waals surface area contributed by atoms with Gasteiger partial charge in [0.15, 0.2) is 11.5 Å². The zero-order valence-electron chi connectivity index (χ0n) is 10.9. The number of thioether (sulfide) groups is 1. The maximum absolute atomic E-state index is 8.70. The summed E-state index contributed by atoms with van der Waals surface area (Å²) in [5.41, 5.74) is 7.14. The molecule has 0 bridgehead atoms. The van der Waals surface area contributed by atoms with Crippen molar-refractivity contribution in [1.29, 1.82) is 0 Å². The van der Waals surface area contributed by atoms with Gasteiger partial charge in [-0.3, -0.25) is 0 Å². The third kappa shape index (κ3) is 4.40. The van der Waals surface area contributed by atoms with Crippen molar-refractivity contribution in [2.24, 2.45) is 5.73 Å². The molecule has 0 heterocycles. The monoisotopic (exact) mass is 271 g/mol. The summed E-state index contributed by atoms with van der Waals surface area (Å²) in [7, 11) is 3.23. The van der Waals surface area contributed by atoms with Crippen molar-refractivity contribution in [2.75, 3.05) is 32.3 Å². The molecule has 0 saturated carbocycles. The van der Waals surface area contributed by atoms with Crippen LogP contribution in [0.15, 0.2) is 18.2 Å². The zero-order valence-corrected chi connectivity index (χ0v) is 11.7. The van der Waals surface area contributed by atoms with E-state index in [9.17, 15) is 0 Å². The van der Waals surface area contributed by atoms with Gasteiger partial charge in [-0.15, -0.1) is 0 Å². The topological polar surface area (TPSA) is 64.7 Å². The Morgan fingerprint density at radius 2 is 2.00 bits per heavy atom. The molecule has 1 rings (SSSR count). The van der Waals surface area contributed by atoms with E-state index in [2.05, 4.69) is 0 Å². The van der Waals surface area contributed by atoms with Gasteiger partial charge in [-0.25, -0.2) is 0 Å². The first-order valence-corrected chi connectivity index (χ1v) is 7.04. The highest BCUT2D eigenvalue weighted by molar-refractivity contribution is 7.99. The predicted molar refractivity (Wildman–Crippen MR) is 75.5 cm³/mol. The highest BCUT2D eigenvalue weighted by atomic mass is 32.2. The molecule has 1 atom stereocenters. The summed E-state index contributed by atoms with van der Waals surface area (Å²) >= 11 is 1.75. The molecule has 0 aliphatic rings. The molecule has 0 aliphatic heterocycles. The van der Waals surface area contributed by atoms with Gasteiger partial charge in [0.1, 0.15) is 0 Å². The van der Waals surface area contributed by atoms with E-state index in [4.69, 9.17) is 20.3 Å². The Hall–Kier alpha value is -0.910. The summed E-state index contributed by atoms with van der Waals surface area (Å²) in [5, 5.41) is 8.70. The number of nitrogens with two attached hydrogens (primary N) is 1. The van der Waals surface area contributed by atoms with Gasteiger partial charge in [0.05, 0.1) is 14.2 Å². The number of rotatable bonds is 8. The third-order valence-electron chi connectivity index (χ3n) is 2.58. The van der Waals surface area contributed by atoms with Crippen LogP contribution in [0.4, 0.5) is 0 Å². The molecule has 1 aromatic carbocycles. The van der Waals surface area contributed by atoms with Crippen LogP contribution in [-0.2, 0) is 0 Å². The summed E-state index contributed by atoms with van der Waals surface area (Å²) in [6, 6.07) is 5.70. The molecule has 0 saturated heterocycles. The van der Waals surface area contributed by atoms with Gasteiger partial charge >= 0.3 is 0 Å². The summed E-state index contributed by atoms with van der Waals surface area (Å²) in [6.07, 6.45) is 0.809. The summed E-state index contributed by atoms with van der Waals surface area (Å²) in [4.78, 5) is 0. The molecule has 5 heteroatoms. The van der Waals surface area contributed by atoms with Crippen LogP contribution in [0, 0.1) is 0 Å². The Bertz CT molecular complexity index is 360. The van der Waals surface area contributed by atoms with Gasteiger partial charge < -0.3 is 20.3 Å². The van der Waals surface area contributed by atoms with Gasteiger partial charge in [-0.05, 0) is 29.9 Å². The fourth-order valence-corrected chi connectivity index (χ4v) is 2.50. The zero-order chi connectivity index (χ0) is 13.4. The van der Waals surface area contributed by atoms with E-state index in [0.717, 1.165) is 23.5 Å². The number of aliphatic hydroxyl groups is 1. The van der Waals surface area contributed by atoms with E-state index in [1.54, 1.807) is 26.0 Å². The average molecular weight is 271 g/mol. The van der Waals surface area contributed by atoms with Crippen LogP contribution in [0.2, 0.25) is 0 Å². The standard InChI is InChI=1S/C13H21NO3S/c1-16-12-5-4-10(8-13(12)17-2)11(14)9-18-7-3-6-15/h4-5,8,11,15H,3,6-7,9,14H2,1-2H3. The Morgan fingerprint density at radius 3 is 2.61 bits per heavy atom. The SMILES string of the molecule is COc1ccc(C(N)CSCCCO)cc1OC. The van der Waals surface area contributed by atoms with Crippen molar-refractivity contribution >= 4 is 11.8 Å². The maximum atomic E-state index is 8.70. The van der Waals surface area contributed by atoms with Gasteiger partial charge in [-0.1, -0.05) is 6.07 Å². The lowest BCUT2D eigenvalue weighted by Gasteiger charge is -2.14. The molecule has 0 spiro atoms. The number of hydrogen-bond acceptors (Lipinski definition) is 5. The van der Waals surface area contributed by atoms with Crippen molar-refractivity contribution in [3.05, 3.63) is 23.8 Å². The minimum atomic E-state index is -0.0338. The summed E-state index contributed by atoms with van der Waals surface area (Å²) < 4.78 is 10.4. The van der Waals surface area contributed by atoms with E-state index in [0.29, 0.717) is 11.5 Å². The van der Waals surface area contributed by atoms with Crippen LogP contribution in [0.5, 0.6) is 11.5 Å². The van der Waals surface area contributed by atoms with Crippen molar-refractivity contribution in [2.45, 2.75) is 12.5 Å². The molecule has 0 aromatic heterocycles. The highest BCUT2D eigenvalue weighted by Crippen LogP contribution is 2.30. The van der Waals surface area contributed by atoms with Crippen LogP contribution in [-0.4, -0.2) is 37.4 Å². The molecule has 18 heavy (non-hydrogen) atoms. The molecule has 0 fully saturated rings. The largest absolute Gasteiger partial charge is 0.493 e. The molecule has 102 valence electrons. The van der Waals surface area contributed by atoms with Crippen molar-refractivity contribution in [3.8, 4) is 11.5 Å². The van der Waals surface area contributed by atoms with Crippen LogP contribution in [0.1, 0.15) is 18.0 Å². The minimum absolute atomic E-state index is 0.0338. The van der Waals surface area contributed by atoms with Gasteiger partial charge in [0.25, 0.3) is 0 Å². The molecular formula is C13H21NO3S. The number of aliphatic hydroxyl groups excluding tert-OH is 1. The smallest absolute Gasteiger partial charge is 0.161 e. The van der Waals surface area contributed by atoms with Crippen LogP contribution >= 0.6 is 11.8 Å². The Morgan fingerprint density at radius 1 is 1.28 bits per heavy atom. The van der Waals surface area contributed by atoms with Gasteiger partial charge in [-0.2, -0.15) is 11.8 Å². The molecule has 4 nitrogen and oxygen atoms in total. The Kier molecular flexibility index (Phi) is 6.93. The fourth-order valence-electron chi connectivity index (χ4n) is 1.56. The minimum Gasteiger partial charge on any atom is -0.493 e. The van der Waals surface area contributed by atoms with E-state index >= 15 is 0 Å². The second-order valence-corrected chi connectivity index (χ2v) is 5.02. The molecule has 1 unspecified atom stereocenters. The third-order valence-corrected chi connectivity index (χ3v) is 3.75. The quantitative estimate of drug-likeness (QED) is 0.706. The molecule has 0 aliphatic carbocycles. The number of methoxy groups -OCH3 is 2. The lowest BCUT2D eigenvalue weighted by atomic mass is 10.1. The average Bonchev–Trinajstić information content (AvgIpc) is 2.42. The summed E-state index contributed by atoms with van der Waals surface area (Å²) in [5.74, 6) is 3.17. The van der Waals surface area contributed by atoms with Crippen molar-refractivity contribution in [3.63, 3.8) is 0 Å². The second-order valence-electron chi connectivity index (χ2n) is 3.87. The van der Waals surface area contributed by atoms with Gasteiger partial charge in [0.2, 0.25) is 0 Å².